The Morgan fingerprint density at radius 1 is 1.08 bits per heavy atom. The molecule has 14 nitrogen and oxygen atoms in total. The molecule has 1 aromatic rings. The normalized spacial score (nSPS) is 28.7. The number of nitrogens with one attached hydrogen (secondary N) is 2. The topological polar surface area (TPSA) is 178 Å². The van der Waals surface area contributed by atoms with Gasteiger partial charge in [-0.2, -0.15) is 0 Å². The fraction of sp³-hybridized carbons (Fsp3) is 0.686. The Kier molecular flexibility index (Phi) is 10.4. The van der Waals surface area contributed by atoms with Crippen LogP contribution in [0.1, 0.15) is 89.7 Å². The molecule has 3 aliphatic heterocycles. The zero-order chi connectivity index (χ0) is 36.7. The lowest BCUT2D eigenvalue weighted by molar-refractivity contribution is -0.159. The van der Waals surface area contributed by atoms with Gasteiger partial charge in [-0.3, -0.25) is 28.8 Å². The quantitative estimate of drug-likeness (QED) is 0.413. The molecule has 280 valence electrons. The summed E-state index contributed by atoms with van der Waals surface area (Å²) in [4.78, 5) is 71.0. The summed E-state index contributed by atoms with van der Waals surface area (Å²) in [6.07, 6.45) is 0.824. The second-order valence-electron chi connectivity index (χ2n) is 15.4. The van der Waals surface area contributed by atoms with Gasteiger partial charge in [-0.25, -0.2) is 17.6 Å². The monoisotopic (exact) mass is 734 g/mol. The molecule has 4 amide bonds. The predicted octanol–water partition coefficient (Wildman–Crippen LogP) is 2.67. The molecule has 3 heterocycles. The van der Waals surface area contributed by atoms with Gasteiger partial charge >= 0.3 is 12.1 Å². The molecule has 4 fully saturated rings. The molecule has 0 bridgehead atoms. The number of benzene rings is 1. The van der Waals surface area contributed by atoms with Gasteiger partial charge in [0, 0.05) is 37.7 Å². The number of nitrogens with zero attached hydrogens (tertiary/aromatic N) is 2. The fourth-order valence-corrected chi connectivity index (χ4v) is 8.71. The summed E-state index contributed by atoms with van der Waals surface area (Å²) in [5, 5.41) is 2.16. The van der Waals surface area contributed by atoms with Crippen molar-refractivity contribution < 1.29 is 51.0 Å². The van der Waals surface area contributed by atoms with E-state index in [0.717, 1.165) is 0 Å². The molecule has 16 heteroatoms. The fourth-order valence-electron chi connectivity index (χ4n) is 7.35. The van der Waals surface area contributed by atoms with Gasteiger partial charge in [0.05, 0.1) is 24.8 Å². The minimum Gasteiger partial charge on any atom is -0.460 e. The summed E-state index contributed by atoms with van der Waals surface area (Å²) in [7, 11) is -3.91. The van der Waals surface area contributed by atoms with E-state index in [4.69, 9.17) is 14.2 Å². The van der Waals surface area contributed by atoms with Crippen molar-refractivity contribution in [3.05, 3.63) is 35.1 Å². The van der Waals surface area contributed by atoms with E-state index >= 15 is 0 Å². The van der Waals surface area contributed by atoms with Crippen LogP contribution in [0.15, 0.2) is 18.2 Å². The average molecular weight is 735 g/mol. The number of carbonyl (C=O) groups excluding carboxylic acids is 5. The van der Waals surface area contributed by atoms with E-state index in [2.05, 4.69) is 10.0 Å². The van der Waals surface area contributed by atoms with E-state index in [9.17, 15) is 36.8 Å². The lowest BCUT2D eigenvalue weighted by atomic mass is 9.97. The third-order valence-electron chi connectivity index (χ3n) is 10.2. The molecule has 2 saturated carbocycles. The Morgan fingerprint density at radius 3 is 2.49 bits per heavy atom. The van der Waals surface area contributed by atoms with E-state index in [1.165, 1.54) is 15.9 Å². The summed E-state index contributed by atoms with van der Waals surface area (Å²) in [6.45, 7) is 5.80. The minimum absolute atomic E-state index is 0.00291. The molecule has 51 heavy (non-hydrogen) atoms. The standard InChI is InChI=1S/C35H47FN4O10S/c1-34(2,3)50-29(41)15-21-8-5-13-48-14-6-9-23-17-35(23,32(44)38-51(46,47)25-11-12-25)37-30(42)28-16-24(19-40(28)31(21)43)49-33(45)39-18-22-7-4-10-27(36)26(22)20-39/h4,7,10,21,23-25,28H,5-6,8-9,11-20H2,1-3H3,(H,37,42)(H,38,44)/t21-,23-,24-,28+,35-/m1/s1. The highest BCUT2D eigenvalue weighted by atomic mass is 32.2. The molecule has 6 rings (SSSR count). The SMILES string of the molecule is CC(C)(C)OC(=O)C[C@H]1CCCOCCC[C@@H]2C[C@@]2(C(=O)NS(=O)(=O)C2CC2)NC(=O)[C@@H]2C[C@@H](OC(=O)N3Cc4cccc(F)c4C3)CN2C1=O. The summed E-state index contributed by atoms with van der Waals surface area (Å²) in [5.74, 6) is -4.30. The van der Waals surface area contributed by atoms with Crippen molar-refractivity contribution in [3.63, 3.8) is 0 Å². The van der Waals surface area contributed by atoms with Gasteiger partial charge < -0.3 is 24.4 Å². The Labute approximate surface area is 297 Å². The molecule has 2 aliphatic carbocycles. The molecular formula is C35H47FN4O10S. The van der Waals surface area contributed by atoms with Crippen LogP contribution in [0.3, 0.4) is 0 Å². The highest BCUT2D eigenvalue weighted by Crippen LogP contribution is 2.48. The van der Waals surface area contributed by atoms with Crippen molar-refractivity contribution in [3.8, 4) is 0 Å². The van der Waals surface area contributed by atoms with Gasteiger partial charge in [0.2, 0.25) is 21.8 Å². The Bertz CT molecular complexity index is 1680. The Balaban J connectivity index is 1.24. The van der Waals surface area contributed by atoms with Crippen LogP contribution in [0.4, 0.5) is 9.18 Å². The van der Waals surface area contributed by atoms with Crippen LogP contribution in [0, 0.1) is 17.7 Å². The molecule has 0 radical (unpaired) electrons. The van der Waals surface area contributed by atoms with Crippen LogP contribution < -0.4 is 10.0 Å². The van der Waals surface area contributed by atoms with Gasteiger partial charge in [0.25, 0.3) is 5.91 Å². The van der Waals surface area contributed by atoms with E-state index in [-0.39, 0.29) is 51.2 Å². The van der Waals surface area contributed by atoms with Crippen LogP contribution in [0.2, 0.25) is 0 Å². The van der Waals surface area contributed by atoms with E-state index in [1.54, 1.807) is 32.9 Å². The zero-order valence-electron chi connectivity index (χ0n) is 29.3. The van der Waals surface area contributed by atoms with Gasteiger partial charge in [-0.05, 0) is 83.3 Å². The van der Waals surface area contributed by atoms with Crippen LogP contribution >= 0.6 is 0 Å². The highest BCUT2D eigenvalue weighted by Gasteiger charge is 2.62. The first-order valence-electron chi connectivity index (χ1n) is 17.8. The zero-order valence-corrected chi connectivity index (χ0v) is 30.1. The third kappa shape index (κ3) is 8.48. The number of sulfonamides is 1. The summed E-state index contributed by atoms with van der Waals surface area (Å²) in [5.41, 5.74) is -1.26. The van der Waals surface area contributed by atoms with E-state index < -0.39 is 80.1 Å². The molecule has 5 aliphatic rings. The molecule has 5 atom stereocenters. The van der Waals surface area contributed by atoms with Gasteiger partial charge in [0.1, 0.15) is 29.1 Å². The minimum atomic E-state index is -3.91. The second kappa shape index (κ2) is 14.3. The Hall–Kier alpha value is -3.79. The Morgan fingerprint density at radius 2 is 1.80 bits per heavy atom. The largest absolute Gasteiger partial charge is 0.460 e. The predicted molar refractivity (Wildman–Crippen MR) is 178 cm³/mol. The highest BCUT2D eigenvalue weighted by molar-refractivity contribution is 7.91. The second-order valence-corrected chi connectivity index (χ2v) is 17.4. The first-order valence-corrected chi connectivity index (χ1v) is 19.3. The van der Waals surface area contributed by atoms with Crippen LogP contribution in [0.25, 0.3) is 0 Å². The molecule has 0 aromatic heterocycles. The van der Waals surface area contributed by atoms with Crippen molar-refractivity contribution in [1.29, 1.82) is 0 Å². The smallest absolute Gasteiger partial charge is 0.410 e. The first kappa shape index (κ1) is 37.0. The van der Waals surface area contributed by atoms with E-state index in [1.807, 2.05) is 0 Å². The first-order chi connectivity index (χ1) is 24.1. The molecule has 0 unspecified atom stereocenters. The molecule has 2 saturated heterocycles. The maximum Gasteiger partial charge on any atom is 0.410 e. The number of hydrogen-bond acceptors (Lipinski definition) is 10. The summed E-state index contributed by atoms with van der Waals surface area (Å²) >= 11 is 0. The van der Waals surface area contributed by atoms with Crippen molar-refractivity contribution in [2.75, 3.05) is 19.8 Å². The maximum absolute atomic E-state index is 14.4. The molecular weight excluding hydrogens is 687 g/mol. The van der Waals surface area contributed by atoms with Crippen molar-refractivity contribution in [2.45, 2.75) is 120 Å². The number of halogens is 1. The van der Waals surface area contributed by atoms with Crippen molar-refractivity contribution in [1.82, 2.24) is 19.8 Å². The number of esters is 1. The van der Waals surface area contributed by atoms with Crippen LogP contribution in [0.5, 0.6) is 0 Å². The van der Waals surface area contributed by atoms with Gasteiger partial charge in [-0.15, -0.1) is 0 Å². The summed E-state index contributed by atoms with van der Waals surface area (Å²) in [6, 6.07) is 3.41. The number of fused-ring (bicyclic) bond motifs is 3. The molecule has 0 spiro atoms. The third-order valence-corrected chi connectivity index (χ3v) is 12.0. The number of ether oxygens (including phenoxy) is 3. The molecule has 1 aromatic carbocycles. The lowest BCUT2D eigenvalue weighted by Gasteiger charge is -2.30. The number of amides is 4. The lowest BCUT2D eigenvalue weighted by Crippen LogP contribution is -2.57. The number of carbonyl (C=O) groups is 5. The average Bonchev–Trinajstić information content (AvgIpc) is 3.93. The van der Waals surface area contributed by atoms with Crippen molar-refractivity contribution in [2.24, 2.45) is 11.8 Å². The number of hydrogen-bond donors (Lipinski definition) is 2. The van der Waals surface area contributed by atoms with Gasteiger partial charge in [-0.1, -0.05) is 12.1 Å². The molecule has 2 N–H and O–H groups in total. The summed E-state index contributed by atoms with van der Waals surface area (Å²) < 4.78 is 59.2. The van der Waals surface area contributed by atoms with Crippen molar-refractivity contribution >= 4 is 39.8 Å². The number of rotatable bonds is 6. The van der Waals surface area contributed by atoms with Gasteiger partial charge in [0.15, 0.2) is 0 Å². The van der Waals surface area contributed by atoms with Crippen LogP contribution in [-0.4, -0.2) is 96.3 Å². The van der Waals surface area contributed by atoms with Crippen LogP contribution in [-0.2, 0) is 56.5 Å². The maximum atomic E-state index is 14.4. The van der Waals surface area contributed by atoms with E-state index in [0.29, 0.717) is 56.4 Å².